The second kappa shape index (κ2) is 9.83. The summed E-state index contributed by atoms with van der Waals surface area (Å²) in [7, 11) is 0. The van der Waals surface area contributed by atoms with E-state index in [9.17, 15) is 4.79 Å². The minimum Gasteiger partial charge on any atom is -0.489 e. The lowest BCUT2D eigenvalue weighted by molar-refractivity contribution is 0.0696. The molecule has 1 N–H and O–H groups in total. The van der Waals surface area contributed by atoms with Crippen molar-refractivity contribution in [1.29, 1.82) is 0 Å². The van der Waals surface area contributed by atoms with Crippen LogP contribution in [0.5, 0.6) is 11.5 Å². The molecule has 0 saturated carbocycles. The molecular weight excluding hydrogens is 406 g/mol. The summed E-state index contributed by atoms with van der Waals surface area (Å²) >= 11 is 0. The summed E-state index contributed by atoms with van der Waals surface area (Å²) in [6.07, 6.45) is 0.594. The van der Waals surface area contributed by atoms with Gasteiger partial charge in [-0.25, -0.2) is 9.78 Å². The van der Waals surface area contributed by atoms with E-state index in [0.717, 1.165) is 22.6 Å². The maximum atomic E-state index is 11.2. The van der Waals surface area contributed by atoms with Crippen molar-refractivity contribution in [3.05, 3.63) is 101 Å². The van der Waals surface area contributed by atoms with Crippen molar-refractivity contribution in [2.75, 3.05) is 6.61 Å². The highest BCUT2D eigenvalue weighted by Crippen LogP contribution is 2.28. The van der Waals surface area contributed by atoms with Gasteiger partial charge in [-0.3, -0.25) is 0 Å². The van der Waals surface area contributed by atoms with Crippen molar-refractivity contribution in [1.82, 2.24) is 4.98 Å². The average molecular weight is 429 g/mol. The lowest BCUT2D eigenvalue weighted by Crippen LogP contribution is -2.05. The van der Waals surface area contributed by atoms with Gasteiger partial charge in [0.25, 0.3) is 0 Å². The first-order chi connectivity index (χ1) is 15.6. The molecule has 0 atom stereocenters. The number of nitrogens with zero attached hydrogens (tertiary/aromatic N) is 1. The van der Waals surface area contributed by atoms with Gasteiger partial charge in [-0.1, -0.05) is 42.5 Å². The number of aromatic nitrogens is 1. The van der Waals surface area contributed by atoms with Gasteiger partial charge in [0.1, 0.15) is 12.4 Å². The average Bonchev–Trinajstić information content (AvgIpc) is 3.19. The number of carbonyl (C=O) groups is 1. The van der Waals surface area contributed by atoms with E-state index in [1.165, 1.54) is 0 Å². The summed E-state index contributed by atoms with van der Waals surface area (Å²) in [4.78, 5) is 15.8. The highest BCUT2D eigenvalue weighted by molar-refractivity contribution is 5.87. The molecule has 0 spiro atoms. The van der Waals surface area contributed by atoms with Crippen LogP contribution in [0.3, 0.4) is 0 Å². The highest BCUT2D eigenvalue weighted by atomic mass is 16.5. The number of aromatic carboxylic acids is 1. The van der Waals surface area contributed by atoms with Crippen molar-refractivity contribution in [2.24, 2.45) is 0 Å². The van der Waals surface area contributed by atoms with E-state index in [0.29, 0.717) is 30.4 Å². The van der Waals surface area contributed by atoms with E-state index in [1.54, 1.807) is 18.2 Å². The molecule has 0 aliphatic heterocycles. The van der Waals surface area contributed by atoms with Gasteiger partial charge >= 0.3 is 5.97 Å². The van der Waals surface area contributed by atoms with E-state index in [1.807, 2.05) is 67.6 Å². The van der Waals surface area contributed by atoms with Crippen molar-refractivity contribution in [3.63, 3.8) is 0 Å². The van der Waals surface area contributed by atoms with Gasteiger partial charge in [-0.05, 0) is 48.9 Å². The summed E-state index contributed by atoms with van der Waals surface area (Å²) in [5.41, 5.74) is 2.79. The monoisotopic (exact) mass is 429 g/mol. The number of ether oxygens (including phenoxy) is 2. The molecular formula is C26H23NO5. The molecule has 0 radical (unpaired) electrons. The largest absolute Gasteiger partial charge is 0.489 e. The molecule has 0 unspecified atom stereocenters. The Hall–Kier alpha value is -4.06. The normalized spacial score (nSPS) is 10.7. The van der Waals surface area contributed by atoms with Crippen LogP contribution in [0.4, 0.5) is 0 Å². The number of benzene rings is 3. The highest BCUT2D eigenvalue weighted by Gasteiger charge is 2.12. The van der Waals surface area contributed by atoms with Crippen LogP contribution in [0, 0.1) is 6.92 Å². The van der Waals surface area contributed by atoms with Gasteiger partial charge in [0.2, 0.25) is 5.89 Å². The molecule has 4 rings (SSSR count). The van der Waals surface area contributed by atoms with Gasteiger partial charge in [0, 0.05) is 12.0 Å². The zero-order chi connectivity index (χ0) is 22.3. The molecule has 6 heteroatoms. The zero-order valence-electron chi connectivity index (χ0n) is 17.7. The van der Waals surface area contributed by atoms with Gasteiger partial charge in [-0.15, -0.1) is 0 Å². The van der Waals surface area contributed by atoms with E-state index in [4.69, 9.17) is 19.0 Å². The smallest absolute Gasteiger partial charge is 0.335 e. The Bertz CT molecular complexity index is 1200. The number of para-hydroxylation sites is 2. The minimum absolute atomic E-state index is 0.230. The van der Waals surface area contributed by atoms with Crippen LogP contribution in [0.2, 0.25) is 0 Å². The molecule has 0 aliphatic rings. The van der Waals surface area contributed by atoms with Gasteiger partial charge < -0.3 is 19.0 Å². The first-order valence-electron chi connectivity index (χ1n) is 10.3. The lowest BCUT2D eigenvalue weighted by Gasteiger charge is -2.12. The number of carboxylic acid groups (broad SMARTS) is 1. The summed E-state index contributed by atoms with van der Waals surface area (Å²) in [5, 5.41) is 9.14. The standard InChI is InChI=1S/C26H23NO5/c1-18-22(27-25(32-18)20-9-3-2-4-10-20)14-15-30-23-12-5-6-13-24(23)31-17-19-8-7-11-21(16-19)26(28)29/h2-13,16H,14-15,17H2,1H3,(H,28,29). The van der Waals surface area contributed by atoms with E-state index in [-0.39, 0.29) is 12.2 Å². The second-order valence-electron chi connectivity index (χ2n) is 7.23. The van der Waals surface area contributed by atoms with Gasteiger partial charge in [-0.2, -0.15) is 0 Å². The Balaban J connectivity index is 1.37. The van der Waals surface area contributed by atoms with Crippen molar-refractivity contribution >= 4 is 5.97 Å². The Morgan fingerprint density at radius 1 is 0.938 bits per heavy atom. The molecule has 0 fully saturated rings. The Kier molecular flexibility index (Phi) is 6.51. The second-order valence-corrected chi connectivity index (χ2v) is 7.23. The van der Waals surface area contributed by atoms with Crippen LogP contribution in [0.1, 0.15) is 27.4 Å². The van der Waals surface area contributed by atoms with E-state index >= 15 is 0 Å². The lowest BCUT2D eigenvalue weighted by atomic mass is 10.1. The van der Waals surface area contributed by atoms with Crippen LogP contribution >= 0.6 is 0 Å². The third-order valence-corrected chi connectivity index (χ3v) is 4.93. The Morgan fingerprint density at radius 3 is 2.41 bits per heavy atom. The van der Waals surface area contributed by atoms with Crippen molar-refractivity contribution in [2.45, 2.75) is 20.0 Å². The maximum absolute atomic E-state index is 11.2. The predicted octanol–water partition coefficient (Wildman–Crippen LogP) is 5.55. The fraction of sp³-hybridized carbons (Fsp3) is 0.154. The van der Waals surface area contributed by atoms with Gasteiger partial charge in [0.15, 0.2) is 11.5 Å². The minimum atomic E-state index is -0.964. The fourth-order valence-electron chi connectivity index (χ4n) is 3.27. The van der Waals surface area contributed by atoms with Crippen LogP contribution in [0.15, 0.2) is 83.3 Å². The van der Waals surface area contributed by atoms with Gasteiger partial charge in [0.05, 0.1) is 17.9 Å². The number of aryl methyl sites for hydroxylation is 1. The first kappa shape index (κ1) is 21.2. The molecule has 3 aromatic carbocycles. The van der Waals surface area contributed by atoms with Crippen molar-refractivity contribution < 1.29 is 23.8 Å². The van der Waals surface area contributed by atoms with Crippen LogP contribution in [0.25, 0.3) is 11.5 Å². The third-order valence-electron chi connectivity index (χ3n) is 4.93. The Labute approximate surface area is 186 Å². The number of rotatable bonds is 9. The molecule has 0 amide bonds. The summed E-state index contributed by atoms with van der Waals surface area (Å²) in [6, 6.07) is 23.9. The number of hydrogen-bond donors (Lipinski definition) is 1. The number of hydrogen-bond acceptors (Lipinski definition) is 5. The first-order valence-corrected chi connectivity index (χ1v) is 10.3. The zero-order valence-corrected chi connectivity index (χ0v) is 17.7. The fourth-order valence-corrected chi connectivity index (χ4v) is 3.27. The molecule has 0 bridgehead atoms. The van der Waals surface area contributed by atoms with E-state index < -0.39 is 5.97 Å². The molecule has 32 heavy (non-hydrogen) atoms. The maximum Gasteiger partial charge on any atom is 0.335 e. The molecule has 1 heterocycles. The molecule has 0 aliphatic carbocycles. The molecule has 162 valence electrons. The third kappa shape index (κ3) is 5.16. The molecule has 4 aromatic rings. The number of oxazole rings is 1. The molecule has 6 nitrogen and oxygen atoms in total. The predicted molar refractivity (Wildman–Crippen MR) is 120 cm³/mol. The topological polar surface area (TPSA) is 81.8 Å². The quantitative estimate of drug-likeness (QED) is 0.376. The Morgan fingerprint density at radius 2 is 1.66 bits per heavy atom. The summed E-state index contributed by atoms with van der Waals surface area (Å²) in [6.45, 7) is 2.55. The summed E-state index contributed by atoms with van der Waals surface area (Å²) < 4.78 is 17.7. The van der Waals surface area contributed by atoms with Crippen LogP contribution < -0.4 is 9.47 Å². The van der Waals surface area contributed by atoms with E-state index in [2.05, 4.69) is 4.98 Å². The van der Waals surface area contributed by atoms with Crippen LogP contribution in [-0.4, -0.2) is 22.7 Å². The van der Waals surface area contributed by atoms with Crippen LogP contribution in [-0.2, 0) is 13.0 Å². The molecule has 0 saturated heterocycles. The SMILES string of the molecule is Cc1oc(-c2ccccc2)nc1CCOc1ccccc1OCc1cccc(C(=O)O)c1. The van der Waals surface area contributed by atoms with Crippen molar-refractivity contribution in [3.8, 4) is 23.0 Å². The summed E-state index contributed by atoms with van der Waals surface area (Å²) in [5.74, 6) is 1.62. The molecule has 1 aromatic heterocycles. The number of carboxylic acids is 1.